The fourth-order valence-electron chi connectivity index (χ4n) is 1.96. The van der Waals surface area contributed by atoms with Gasteiger partial charge in [0.15, 0.2) is 5.78 Å². The second-order valence-electron chi connectivity index (χ2n) is 5.38. The third kappa shape index (κ3) is 9.54. The van der Waals surface area contributed by atoms with E-state index in [0.717, 1.165) is 0 Å². The molecule has 4 N–H and O–H groups in total. The van der Waals surface area contributed by atoms with Crippen molar-refractivity contribution in [1.82, 2.24) is 10.6 Å². The molecule has 136 valence electrons. The van der Waals surface area contributed by atoms with Crippen LogP contribution in [0.4, 0.5) is 0 Å². The Morgan fingerprint density at radius 1 is 0.875 bits per heavy atom. The summed E-state index contributed by atoms with van der Waals surface area (Å²) in [6.45, 7) is 3.09. The molecular formula is C15H24N2O7. The first-order valence-corrected chi connectivity index (χ1v) is 7.71. The largest absolute Gasteiger partial charge is 0.481 e. The minimum atomic E-state index is -1.28. The van der Waals surface area contributed by atoms with Crippen molar-refractivity contribution in [2.24, 2.45) is 0 Å². The zero-order chi connectivity index (χ0) is 18.7. The van der Waals surface area contributed by atoms with Crippen molar-refractivity contribution in [3.8, 4) is 0 Å². The van der Waals surface area contributed by atoms with Crippen LogP contribution in [0.15, 0.2) is 0 Å². The summed E-state index contributed by atoms with van der Waals surface area (Å²) in [5, 5.41) is 22.3. The fourth-order valence-corrected chi connectivity index (χ4v) is 1.96. The van der Waals surface area contributed by atoms with Crippen LogP contribution in [0.2, 0.25) is 0 Å². The van der Waals surface area contributed by atoms with Crippen molar-refractivity contribution in [2.75, 3.05) is 0 Å². The fraction of sp³-hybridized carbons (Fsp3) is 0.667. The first kappa shape index (κ1) is 21.6. The monoisotopic (exact) mass is 344 g/mol. The van der Waals surface area contributed by atoms with Gasteiger partial charge in [0, 0.05) is 19.3 Å². The highest BCUT2D eigenvalue weighted by molar-refractivity contribution is 5.88. The average molecular weight is 344 g/mol. The highest BCUT2D eigenvalue weighted by Crippen LogP contribution is 2.02. The lowest BCUT2D eigenvalue weighted by Crippen LogP contribution is -2.43. The summed E-state index contributed by atoms with van der Waals surface area (Å²) in [5.41, 5.74) is 0. The number of carboxylic acids is 2. The predicted octanol–water partition coefficient (Wildman–Crippen LogP) is 0.0747. The number of carboxylic acid groups (broad SMARTS) is 2. The van der Waals surface area contributed by atoms with Gasteiger partial charge in [0.25, 0.3) is 0 Å². The number of Topliss-reactive ketones (excluding diaryl/α,β-unsaturated/α-hetero) is 1. The molecule has 2 amide bonds. The second kappa shape index (κ2) is 11.1. The van der Waals surface area contributed by atoms with Crippen LogP contribution in [-0.4, -0.2) is 51.8 Å². The molecule has 0 fully saturated rings. The van der Waals surface area contributed by atoms with E-state index in [0.29, 0.717) is 6.42 Å². The molecule has 0 aromatic rings. The van der Waals surface area contributed by atoms with E-state index in [2.05, 4.69) is 10.6 Å². The van der Waals surface area contributed by atoms with Gasteiger partial charge in [0.1, 0.15) is 6.04 Å². The Bertz CT molecular complexity index is 490. The van der Waals surface area contributed by atoms with Gasteiger partial charge in [-0.3, -0.25) is 19.2 Å². The minimum absolute atomic E-state index is 0.102. The molecule has 0 spiro atoms. The zero-order valence-electron chi connectivity index (χ0n) is 13.8. The molecule has 0 rings (SSSR count). The molecule has 24 heavy (non-hydrogen) atoms. The average Bonchev–Trinajstić information content (AvgIpc) is 2.47. The first-order chi connectivity index (χ1) is 11.2. The summed E-state index contributed by atoms with van der Waals surface area (Å²) in [5.74, 6) is -3.56. The molecule has 0 unspecified atom stereocenters. The topological polar surface area (TPSA) is 150 Å². The second-order valence-corrected chi connectivity index (χ2v) is 5.38. The van der Waals surface area contributed by atoms with Crippen molar-refractivity contribution in [3.63, 3.8) is 0 Å². The molecule has 9 heteroatoms. The molecule has 0 aliphatic carbocycles. The van der Waals surface area contributed by atoms with E-state index in [1.54, 1.807) is 6.92 Å². The molecule has 0 radical (unpaired) electrons. The van der Waals surface area contributed by atoms with Gasteiger partial charge in [-0.05, 0) is 26.2 Å². The molecule has 0 aliphatic heterocycles. The Hall–Kier alpha value is -2.45. The van der Waals surface area contributed by atoms with Gasteiger partial charge in [-0.15, -0.1) is 0 Å². The standard InChI is InChI=1S/C15H24N2O7/c1-3-10(9(2)18)16-13(20)8-7-11(15(23)24)17-12(19)5-4-6-14(21)22/h10-11H,3-8H2,1-2H3,(H,16,20)(H,17,19)(H,21,22)(H,23,24)/t10-,11-/m0/s1. The van der Waals surface area contributed by atoms with Gasteiger partial charge in [-0.1, -0.05) is 6.92 Å². The SMILES string of the molecule is CC[C@H](NC(=O)CC[C@H](NC(=O)CCCC(=O)O)C(=O)O)C(C)=O. The van der Waals surface area contributed by atoms with Crippen molar-refractivity contribution >= 4 is 29.5 Å². The van der Waals surface area contributed by atoms with Crippen LogP contribution >= 0.6 is 0 Å². The van der Waals surface area contributed by atoms with Crippen molar-refractivity contribution in [1.29, 1.82) is 0 Å². The van der Waals surface area contributed by atoms with Crippen molar-refractivity contribution in [2.45, 2.75) is 64.5 Å². The zero-order valence-corrected chi connectivity index (χ0v) is 13.8. The number of aliphatic carboxylic acids is 2. The smallest absolute Gasteiger partial charge is 0.326 e. The van der Waals surface area contributed by atoms with Gasteiger partial charge in [0.05, 0.1) is 6.04 Å². The Balaban J connectivity index is 4.36. The number of ketones is 1. The first-order valence-electron chi connectivity index (χ1n) is 7.71. The predicted molar refractivity (Wildman–Crippen MR) is 83.2 cm³/mol. The summed E-state index contributed by atoms with van der Waals surface area (Å²) in [7, 11) is 0. The molecule has 0 aromatic heterocycles. The lowest BCUT2D eigenvalue weighted by Gasteiger charge is -2.16. The van der Waals surface area contributed by atoms with Crippen molar-refractivity contribution < 1.29 is 34.2 Å². The van der Waals surface area contributed by atoms with Gasteiger partial charge >= 0.3 is 11.9 Å². The number of nitrogens with one attached hydrogen (secondary N) is 2. The number of amides is 2. The van der Waals surface area contributed by atoms with E-state index < -0.39 is 35.8 Å². The van der Waals surface area contributed by atoms with E-state index in [4.69, 9.17) is 10.2 Å². The Morgan fingerprint density at radius 3 is 1.88 bits per heavy atom. The summed E-state index contributed by atoms with van der Waals surface area (Å²) in [6.07, 6.45) is -0.0353. The van der Waals surface area contributed by atoms with Crippen LogP contribution < -0.4 is 10.6 Å². The molecule has 0 bridgehead atoms. The maximum atomic E-state index is 11.7. The Morgan fingerprint density at radius 2 is 1.42 bits per heavy atom. The normalized spacial score (nSPS) is 12.8. The van der Waals surface area contributed by atoms with E-state index in [9.17, 15) is 24.0 Å². The molecule has 2 atom stereocenters. The van der Waals surface area contributed by atoms with Gasteiger partial charge in [-0.2, -0.15) is 0 Å². The van der Waals surface area contributed by atoms with E-state index in [1.807, 2.05) is 0 Å². The van der Waals surface area contributed by atoms with E-state index in [-0.39, 0.29) is 37.9 Å². The lowest BCUT2D eigenvalue weighted by molar-refractivity contribution is -0.142. The Kier molecular flexibility index (Phi) is 10.0. The lowest BCUT2D eigenvalue weighted by atomic mass is 10.1. The molecular weight excluding hydrogens is 320 g/mol. The van der Waals surface area contributed by atoms with Crippen LogP contribution in [-0.2, 0) is 24.0 Å². The van der Waals surface area contributed by atoms with Crippen molar-refractivity contribution in [3.05, 3.63) is 0 Å². The number of carbonyl (C=O) groups excluding carboxylic acids is 3. The van der Waals surface area contributed by atoms with E-state index >= 15 is 0 Å². The summed E-state index contributed by atoms with van der Waals surface area (Å²) >= 11 is 0. The third-order valence-electron chi connectivity index (χ3n) is 3.32. The summed E-state index contributed by atoms with van der Waals surface area (Å²) < 4.78 is 0. The molecule has 0 saturated heterocycles. The quantitative estimate of drug-likeness (QED) is 0.391. The molecule has 0 aromatic carbocycles. The molecule has 0 saturated carbocycles. The third-order valence-corrected chi connectivity index (χ3v) is 3.32. The number of hydrogen-bond acceptors (Lipinski definition) is 5. The van der Waals surface area contributed by atoms with Crippen LogP contribution in [0.5, 0.6) is 0 Å². The van der Waals surface area contributed by atoms with E-state index in [1.165, 1.54) is 6.92 Å². The number of hydrogen-bond donors (Lipinski definition) is 4. The maximum absolute atomic E-state index is 11.7. The van der Waals surface area contributed by atoms with Crippen LogP contribution in [0.1, 0.15) is 52.4 Å². The van der Waals surface area contributed by atoms with Crippen LogP contribution in [0.3, 0.4) is 0 Å². The molecule has 9 nitrogen and oxygen atoms in total. The number of rotatable bonds is 12. The summed E-state index contributed by atoms with van der Waals surface area (Å²) in [6, 6.07) is -1.85. The van der Waals surface area contributed by atoms with Gasteiger partial charge in [-0.25, -0.2) is 4.79 Å². The maximum Gasteiger partial charge on any atom is 0.326 e. The van der Waals surface area contributed by atoms with Gasteiger partial charge in [0.2, 0.25) is 11.8 Å². The highest BCUT2D eigenvalue weighted by atomic mass is 16.4. The van der Waals surface area contributed by atoms with Crippen LogP contribution in [0.25, 0.3) is 0 Å². The summed E-state index contributed by atoms with van der Waals surface area (Å²) in [4.78, 5) is 56.0. The van der Waals surface area contributed by atoms with Crippen LogP contribution in [0, 0.1) is 0 Å². The molecule has 0 heterocycles. The number of carbonyl (C=O) groups is 5. The molecule has 0 aliphatic rings. The highest BCUT2D eigenvalue weighted by Gasteiger charge is 2.22. The Labute approximate surface area is 139 Å². The minimum Gasteiger partial charge on any atom is -0.481 e. The van der Waals surface area contributed by atoms with Gasteiger partial charge < -0.3 is 20.8 Å².